The van der Waals surface area contributed by atoms with Crippen LogP contribution in [-0.4, -0.2) is 18.6 Å². The lowest BCUT2D eigenvalue weighted by Gasteiger charge is -2.18. The summed E-state index contributed by atoms with van der Waals surface area (Å²) in [6.45, 7) is 8.41. The molecule has 0 amide bonds. The third-order valence-corrected chi connectivity index (χ3v) is 2.92. The van der Waals surface area contributed by atoms with Gasteiger partial charge in [0.2, 0.25) is 0 Å². The summed E-state index contributed by atoms with van der Waals surface area (Å²) in [7, 11) is 1.68. The van der Waals surface area contributed by atoms with Crippen LogP contribution in [0.5, 0.6) is 5.75 Å². The van der Waals surface area contributed by atoms with Crippen molar-refractivity contribution in [1.82, 2.24) is 10.3 Å². The van der Waals surface area contributed by atoms with E-state index >= 15 is 0 Å². The van der Waals surface area contributed by atoms with Crippen LogP contribution in [0.15, 0.2) is 30.3 Å². The van der Waals surface area contributed by atoms with Gasteiger partial charge in [0.1, 0.15) is 11.3 Å². The summed E-state index contributed by atoms with van der Waals surface area (Å²) in [5.41, 5.74) is 2.26. The first-order valence-corrected chi connectivity index (χ1v) is 6.63. The molecule has 0 saturated carbocycles. The fourth-order valence-electron chi connectivity index (χ4n) is 1.99. The molecular formula is C16H22N2O. The number of hydrogen-bond donors (Lipinski definition) is 1. The van der Waals surface area contributed by atoms with Crippen molar-refractivity contribution in [2.24, 2.45) is 5.41 Å². The van der Waals surface area contributed by atoms with Crippen LogP contribution in [0.3, 0.4) is 0 Å². The highest BCUT2D eigenvalue weighted by Gasteiger charge is 2.09. The van der Waals surface area contributed by atoms with Gasteiger partial charge < -0.3 is 10.1 Å². The number of ether oxygens (including phenoxy) is 1. The Hall–Kier alpha value is -1.61. The number of nitrogens with zero attached hydrogens (tertiary/aromatic N) is 1. The van der Waals surface area contributed by atoms with Gasteiger partial charge in [0.05, 0.1) is 12.8 Å². The molecule has 0 aliphatic heterocycles. The van der Waals surface area contributed by atoms with Gasteiger partial charge in [0.25, 0.3) is 0 Å². The van der Waals surface area contributed by atoms with Crippen LogP contribution in [0.25, 0.3) is 10.9 Å². The van der Waals surface area contributed by atoms with Gasteiger partial charge >= 0.3 is 0 Å². The minimum atomic E-state index is 0.286. The molecule has 0 saturated heterocycles. The summed E-state index contributed by atoms with van der Waals surface area (Å²) < 4.78 is 5.36. The average molecular weight is 258 g/mol. The molecule has 1 aromatic heterocycles. The molecule has 3 nitrogen and oxygen atoms in total. The second-order valence-corrected chi connectivity index (χ2v) is 6.00. The molecule has 19 heavy (non-hydrogen) atoms. The smallest absolute Gasteiger partial charge is 0.145 e. The van der Waals surface area contributed by atoms with Gasteiger partial charge in [-0.25, -0.2) is 4.98 Å². The molecule has 1 N–H and O–H groups in total. The molecule has 2 aromatic rings. The maximum atomic E-state index is 5.36. The van der Waals surface area contributed by atoms with Crippen LogP contribution >= 0.6 is 0 Å². The minimum Gasteiger partial charge on any atom is -0.494 e. The second kappa shape index (κ2) is 5.57. The lowest BCUT2D eigenvalue weighted by Crippen LogP contribution is -2.26. The predicted octanol–water partition coefficient (Wildman–Crippen LogP) is 3.38. The summed E-state index contributed by atoms with van der Waals surface area (Å²) in [4.78, 5) is 4.68. The van der Waals surface area contributed by atoms with Crippen molar-refractivity contribution in [2.75, 3.05) is 13.7 Å². The van der Waals surface area contributed by atoms with Gasteiger partial charge in [-0.3, -0.25) is 0 Å². The van der Waals surface area contributed by atoms with Crippen LogP contribution < -0.4 is 10.1 Å². The number of methoxy groups -OCH3 is 1. The van der Waals surface area contributed by atoms with Crippen molar-refractivity contribution >= 4 is 10.9 Å². The molecule has 102 valence electrons. The normalized spacial score (nSPS) is 11.8. The standard InChI is InChI=1S/C16H22N2O/c1-16(2,3)11-17-10-13-9-8-12-6-5-7-14(19-4)15(12)18-13/h5-9,17H,10-11H2,1-4H3. The predicted molar refractivity (Wildman–Crippen MR) is 79.5 cm³/mol. The number of nitrogens with one attached hydrogen (secondary N) is 1. The zero-order chi connectivity index (χ0) is 13.9. The van der Waals surface area contributed by atoms with E-state index in [0.29, 0.717) is 0 Å². The Morgan fingerprint density at radius 1 is 1.16 bits per heavy atom. The number of aromatic nitrogens is 1. The van der Waals surface area contributed by atoms with Gasteiger partial charge in [-0.05, 0) is 17.5 Å². The molecule has 2 rings (SSSR count). The Bertz CT molecular complexity index is 558. The molecule has 0 fully saturated rings. The Morgan fingerprint density at radius 3 is 2.63 bits per heavy atom. The monoisotopic (exact) mass is 258 g/mol. The Morgan fingerprint density at radius 2 is 1.95 bits per heavy atom. The zero-order valence-corrected chi connectivity index (χ0v) is 12.2. The Balaban J connectivity index is 2.17. The summed E-state index contributed by atoms with van der Waals surface area (Å²) >= 11 is 0. The van der Waals surface area contributed by atoms with Crippen molar-refractivity contribution in [1.29, 1.82) is 0 Å². The first-order chi connectivity index (χ1) is 8.99. The number of fused-ring (bicyclic) bond motifs is 1. The number of para-hydroxylation sites is 1. The van der Waals surface area contributed by atoms with Gasteiger partial charge in [0, 0.05) is 18.5 Å². The van der Waals surface area contributed by atoms with E-state index in [1.807, 2.05) is 12.1 Å². The second-order valence-electron chi connectivity index (χ2n) is 6.00. The molecule has 1 heterocycles. The van der Waals surface area contributed by atoms with E-state index < -0.39 is 0 Å². The Kier molecular flexibility index (Phi) is 4.05. The lowest BCUT2D eigenvalue weighted by atomic mass is 9.97. The summed E-state index contributed by atoms with van der Waals surface area (Å²) in [5.74, 6) is 0.829. The van der Waals surface area contributed by atoms with Crippen LogP contribution in [0.1, 0.15) is 26.5 Å². The highest BCUT2D eigenvalue weighted by Crippen LogP contribution is 2.23. The van der Waals surface area contributed by atoms with Crippen molar-refractivity contribution in [2.45, 2.75) is 27.3 Å². The lowest BCUT2D eigenvalue weighted by molar-refractivity contribution is 0.378. The topological polar surface area (TPSA) is 34.1 Å². The fourth-order valence-corrected chi connectivity index (χ4v) is 1.99. The highest BCUT2D eigenvalue weighted by molar-refractivity contribution is 5.84. The molecule has 0 atom stereocenters. The number of rotatable bonds is 4. The average Bonchev–Trinajstić information content (AvgIpc) is 2.36. The quantitative estimate of drug-likeness (QED) is 0.913. The SMILES string of the molecule is COc1cccc2ccc(CNCC(C)(C)C)nc12. The molecule has 3 heteroatoms. The van der Waals surface area contributed by atoms with Crippen LogP contribution in [0.2, 0.25) is 0 Å². The minimum absolute atomic E-state index is 0.286. The van der Waals surface area contributed by atoms with E-state index in [1.54, 1.807) is 7.11 Å². The van der Waals surface area contributed by atoms with E-state index in [1.165, 1.54) is 0 Å². The van der Waals surface area contributed by atoms with Gasteiger partial charge in [-0.2, -0.15) is 0 Å². The van der Waals surface area contributed by atoms with Crippen LogP contribution in [0.4, 0.5) is 0 Å². The number of pyridine rings is 1. The van der Waals surface area contributed by atoms with E-state index in [-0.39, 0.29) is 5.41 Å². The maximum absolute atomic E-state index is 5.36. The van der Waals surface area contributed by atoms with E-state index in [0.717, 1.165) is 35.4 Å². The Labute approximate surface area is 115 Å². The third kappa shape index (κ3) is 3.67. The number of hydrogen-bond acceptors (Lipinski definition) is 3. The van der Waals surface area contributed by atoms with Crippen molar-refractivity contribution in [3.63, 3.8) is 0 Å². The van der Waals surface area contributed by atoms with E-state index in [9.17, 15) is 0 Å². The molecular weight excluding hydrogens is 236 g/mol. The molecule has 0 bridgehead atoms. The first-order valence-electron chi connectivity index (χ1n) is 6.63. The summed E-state index contributed by atoms with van der Waals surface area (Å²) in [6.07, 6.45) is 0. The summed E-state index contributed by atoms with van der Waals surface area (Å²) in [6, 6.07) is 10.1. The van der Waals surface area contributed by atoms with Crippen molar-refractivity contribution in [3.05, 3.63) is 36.0 Å². The van der Waals surface area contributed by atoms with Crippen LogP contribution in [0, 0.1) is 5.41 Å². The molecule has 0 spiro atoms. The molecule has 0 aliphatic rings. The number of benzene rings is 1. The molecule has 1 aromatic carbocycles. The largest absolute Gasteiger partial charge is 0.494 e. The van der Waals surface area contributed by atoms with E-state index in [4.69, 9.17) is 4.74 Å². The molecule has 0 unspecified atom stereocenters. The van der Waals surface area contributed by atoms with Crippen molar-refractivity contribution in [3.8, 4) is 5.75 Å². The zero-order valence-electron chi connectivity index (χ0n) is 12.2. The maximum Gasteiger partial charge on any atom is 0.145 e. The van der Waals surface area contributed by atoms with Crippen molar-refractivity contribution < 1.29 is 4.74 Å². The van der Waals surface area contributed by atoms with Crippen LogP contribution in [-0.2, 0) is 6.54 Å². The fraction of sp³-hybridized carbons (Fsp3) is 0.438. The van der Waals surface area contributed by atoms with E-state index in [2.05, 4.69) is 49.3 Å². The summed E-state index contributed by atoms with van der Waals surface area (Å²) in [5, 5.41) is 4.55. The first kappa shape index (κ1) is 13.8. The molecule has 0 aliphatic carbocycles. The molecule has 0 radical (unpaired) electrons. The third-order valence-electron chi connectivity index (χ3n) is 2.92. The van der Waals surface area contributed by atoms with Gasteiger partial charge in [0.15, 0.2) is 0 Å². The van der Waals surface area contributed by atoms with Gasteiger partial charge in [-0.1, -0.05) is 39.0 Å². The van der Waals surface area contributed by atoms with Gasteiger partial charge in [-0.15, -0.1) is 0 Å². The highest BCUT2D eigenvalue weighted by atomic mass is 16.5.